The third kappa shape index (κ3) is 4.13. The minimum absolute atomic E-state index is 0. The number of thiazole rings is 1. The first-order valence-corrected chi connectivity index (χ1v) is 7.81. The van der Waals surface area contributed by atoms with Gasteiger partial charge in [-0.3, -0.25) is 0 Å². The summed E-state index contributed by atoms with van der Waals surface area (Å²) in [7, 11) is 1.99. The Hall–Kier alpha value is -1.83. The highest BCUT2D eigenvalue weighted by molar-refractivity contribution is 7.16. The van der Waals surface area contributed by atoms with Gasteiger partial charge in [0, 0.05) is 13.1 Å². The van der Waals surface area contributed by atoms with Crippen molar-refractivity contribution in [3.63, 3.8) is 0 Å². The van der Waals surface area contributed by atoms with Crippen LogP contribution in [-0.4, -0.2) is 22.5 Å². The predicted molar refractivity (Wildman–Crippen MR) is 87.7 cm³/mol. The molecule has 0 aliphatic carbocycles. The molecule has 0 saturated heterocycles. The Morgan fingerprint density at radius 3 is 2.87 bits per heavy atom. The number of benzene rings is 1. The van der Waals surface area contributed by atoms with E-state index in [1.807, 2.05) is 52.8 Å². The van der Waals surface area contributed by atoms with Gasteiger partial charge in [0.25, 0.3) is 0 Å². The summed E-state index contributed by atoms with van der Waals surface area (Å²) in [6, 6.07) is 12.1. The topological polar surface area (TPSA) is 53.8 Å². The van der Waals surface area contributed by atoms with Gasteiger partial charge in [-0.15, -0.1) is 5.10 Å². The van der Waals surface area contributed by atoms with Gasteiger partial charge in [-0.05, 0) is 18.2 Å². The Morgan fingerprint density at radius 2 is 2.09 bits per heavy atom. The van der Waals surface area contributed by atoms with Crippen LogP contribution in [-0.2, 0) is 13.6 Å². The Labute approximate surface area is 148 Å². The van der Waals surface area contributed by atoms with Crippen molar-refractivity contribution >= 4 is 27.8 Å². The molecule has 5 nitrogen and oxygen atoms in total. The summed E-state index contributed by atoms with van der Waals surface area (Å²) in [5, 5.41) is 17.4. The molecule has 0 aliphatic rings. The number of hydrogen-bond acceptors (Lipinski definition) is 4. The highest BCUT2D eigenvalue weighted by Gasteiger charge is 2.01. The Balaban J connectivity index is 0.00000192. The number of aliphatic hydroxyl groups excluding tert-OH is 1. The van der Waals surface area contributed by atoms with Gasteiger partial charge in [-0.25, -0.2) is 4.57 Å². The molecule has 0 radical (unpaired) electrons. The summed E-state index contributed by atoms with van der Waals surface area (Å²) in [6.07, 6.45) is 5.56. The standard InChI is InChI=1S/C16H17N4OS.BrH/c1-19-14-6-2-3-7-15(14)22-16(19)18-17-11-13-5-4-8-20(12-13)9-10-21;/h2-8,11-12,21H,9-10H2,1H3;1H/q+1;/p-1/b17-11-,18-16+;. The molecular weight excluding hydrogens is 376 g/mol. The summed E-state index contributed by atoms with van der Waals surface area (Å²) in [5.74, 6) is 0. The quantitative estimate of drug-likeness (QED) is 0.326. The zero-order valence-electron chi connectivity index (χ0n) is 12.6. The van der Waals surface area contributed by atoms with Gasteiger partial charge < -0.3 is 26.7 Å². The number of pyridine rings is 1. The zero-order chi connectivity index (χ0) is 15.4. The number of halogens is 1. The Morgan fingerprint density at radius 1 is 1.26 bits per heavy atom. The van der Waals surface area contributed by atoms with E-state index in [9.17, 15) is 0 Å². The number of nitrogens with zero attached hydrogens (tertiary/aromatic N) is 4. The van der Waals surface area contributed by atoms with Gasteiger partial charge in [0.2, 0.25) is 4.80 Å². The molecule has 2 heterocycles. The zero-order valence-corrected chi connectivity index (χ0v) is 15.0. The first-order chi connectivity index (χ1) is 10.8. The number of rotatable bonds is 4. The molecule has 120 valence electrons. The van der Waals surface area contributed by atoms with Crippen molar-refractivity contribution in [3.8, 4) is 0 Å². The second-order valence-corrected chi connectivity index (χ2v) is 5.86. The highest BCUT2D eigenvalue weighted by atomic mass is 79.9. The van der Waals surface area contributed by atoms with Crippen LogP contribution in [0.25, 0.3) is 10.2 Å². The van der Waals surface area contributed by atoms with Crippen LogP contribution in [0.5, 0.6) is 0 Å². The minimum Gasteiger partial charge on any atom is -1.00 e. The third-order valence-electron chi connectivity index (χ3n) is 3.30. The van der Waals surface area contributed by atoms with Gasteiger partial charge in [-0.2, -0.15) is 5.10 Å². The van der Waals surface area contributed by atoms with Crippen LogP contribution in [0.2, 0.25) is 0 Å². The van der Waals surface area contributed by atoms with Crippen LogP contribution < -0.4 is 26.3 Å². The number of aliphatic hydroxyl groups is 1. The van der Waals surface area contributed by atoms with Crippen molar-refractivity contribution in [2.75, 3.05) is 6.61 Å². The molecule has 0 bridgehead atoms. The molecular formula is C16H17BrN4OS. The van der Waals surface area contributed by atoms with Crippen LogP contribution in [0.3, 0.4) is 0 Å². The number of fused-ring (bicyclic) bond motifs is 1. The molecule has 3 rings (SSSR count). The van der Waals surface area contributed by atoms with Crippen molar-refractivity contribution in [3.05, 3.63) is 59.2 Å². The minimum atomic E-state index is 0. The van der Waals surface area contributed by atoms with Crippen molar-refractivity contribution in [1.29, 1.82) is 0 Å². The second kappa shape index (κ2) is 8.14. The molecule has 2 aromatic heterocycles. The molecule has 0 atom stereocenters. The maximum absolute atomic E-state index is 8.96. The fourth-order valence-corrected chi connectivity index (χ4v) is 3.17. The van der Waals surface area contributed by atoms with E-state index in [2.05, 4.69) is 22.3 Å². The lowest BCUT2D eigenvalue weighted by atomic mass is 10.3. The summed E-state index contributed by atoms with van der Waals surface area (Å²) < 4.78 is 5.15. The molecule has 0 unspecified atom stereocenters. The first-order valence-electron chi connectivity index (χ1n) is 6.99. The summed E-state index contributed by atoms with van der Waals surface area (Å²) in [6.45, 7) is 0.692. The van der Waals surface area contributed by atoms with Crippen molar-refractivity contribution in [2.45, 2.75) is 6.54 Å². The van der Waals surface area contributed by atoms with E-state index in [-0.39, 0.29) is 23.6 Å². The average Bonchev–Trinajstić information content (AvgIpc) is 2.85. The largest absolute Gasteiger partial charge is 1.00 e. The molecule has 0 amide bonds. The molecule has 23 heavy (non-hydrogen) atoms. The molecule has 3 aromatic rings. The Bertz CT molecular complexity index is 885. The number of para-hydroxylation sites is 1. The van der Waals surface area contributed by atoms with E-state index in [1.54, 1.807) is 17.6 Å². The predicted octanol–water partition coefficient (Wildman–Crippen LogP) is -1.54. The van der Waals surface area contributed by atoms with Crippen LogP contribution in [0, 0.1) is 0 Å². The maximum atomic E-state index is 8.96. The SMILES string of the molecule is Cn1/c(=N\N=C/c2ccc[n+](CCO)c2)sc2ccccc21.[Br-]. The van der Waals surface area contributed by atoms with Gasteiger partial charge in [-0.1, -0.05) is 23.5 Å². The molecule has 1 aromatic carbocycles. The fourth-order valence-electron chi connectivity index (χ4n) is 2.20. The number of aryl methyl sites for hydroxylation is 1. The second-order valence-electron chi connectivity index (χ2n) is 4.85. The van der Waals surface area contributed by atoms with Crippen molar-refractivity contribution < 1.29 is 26.7 Å². The molecule has 0 aliphatic heterocycles. The Kier molecular flexibility index (Phi) is 6.20. The van der Waals surface area contributed by atoms with E-state index in [0.717, 1.165) is 15.9 Å². The molecule has 0 saturated carbocycles. The van der Waals surface area contributed by atoms with Crippen LogP contribution >= 0.6 is 11.3 Å². The van der Waals surface area contributed by atoms with Gasteiger partial charge in [0.15, 0.2) is 18.9 Å². The maximum Gasteiger partial charge on any atom is 0.211 e. The average molecular weight is 393 g/mol. The van der Waals surface area contributed by atoms with Crippen molar-refractivity contribution in [2.24, 2.45) is 17.3 Å². The molecule has 7 heteroatoms. The van der Waals surface area contributed by atoms with E-state index in [0.29, 0.717) is 6.54 Å². The lowest BCUT2D eigenvalue weighted by Crippen LogP contribution is -3.00. The lowest BCUT2D eigenvalue weighted by Gasteiger charge is -1.94. The van der Waals surface area contributed by atoms with Crippen LogP contribution in [0.4, 0.5) is 0 Å². The first kappa shape index (κ1) is 17.5. The van der Waals surface area contributed by atoms with Gasteiger partial charge in [0.1, 0.15) is 6.61 Å². The van der Waals surface area contributed by atoms with E-state index >= 15 is 0 Å². The van der Waals surface area contributed by atoms with E-state index in [4.69, 9.17) is 5.11 Å². The number of hydrogen-bond donors (Lipinski definition) is 1. The molecule has 1 N–H and O–H groups in total. The van der Waals surface area contributed by atoms with Crippen LogP contribution in [0.15, 0.2) is 59.0 Å². The monoisotopic (exact) mass is 392 g/mol. The highest BCUT2D eigenvalue weighted by Crippen LogP contribution is 2.14. The lowest BCUT2D eigenvalue weighted by molar-refractivity contribution is -0.698. The summed E-state index contributed by atoms with van der Waals surface area (Å²) >= 11 is 1.61. The molecule has 0 fully saturated rings. The molecule has 0 spiro atoms. The van der Waals surface area contributed by atoms with Gasteiger partial charge >= 0.3 is 0 Å². The normalized spacial score (nSPS) is 12.0. The third-order valence-corrected chi connectivity index (χ3v) is 4.41. The van der Waals surface area contributed by atoms with E-state index in [1.165, 1.54) is 4.70 Å². The van der Waals surface area contributed by atoms with Crippen molar-refractivity contribution in [1.82, 2.24) is 4.57 Å². The summed E-state index contributed by atoms with van der Waals surface area (Å²) in [4.78, 5) is 0.858. The van der Waals surface area contributed by atoms with E-state index < -0.39 is 0 Å². The van der Waals surface area contributed by atoms with Gasteiger partial charge in [0.05, 0.1) is 22.0 Å². The fraction of sp³-hybridized carbons (Fsp3) is 0.188. The smallest absolute Gasteiger partial charge is 0.211 e. The summed E-state index contributed by atoms with van der Waals surface area (Å²) in [5.41, 5.74) is 2.10. The van der Waals surface area contributed by atoms with Crippen LogP contribution in [0.1, 0.15) is 5.56 Å². The number of aromatic nitrogens is 2.